The number of carbonyl (C=O) groups is 1. The van der Waals surface area contributed by atoms with Crippen LogP contribution < -0.4 is 4.90 Å². The van der Waals surface area contributed by atoms with Gasteiger partial charge in [0.25, 0.3) is 5.91 Å². The molecular weight excluding hydrogens is 430 g/mol. The van der Waals surface area contributed by atoms with Crippen molar-refractivity contribution < 1.29 is 13.6 Å². The van der Waals surface area contributed by atoms with Gasteiger partial charge in [-0.3, -0.25) is 9.69 Å². The van der Waals surface area contributed by atoms with Crippen LogP contribution in [0.2, 0.25) is 5.02 Å². The van der Waals surface area contributed by atoms with E-state index in [2.05, 4.69) is 4.90 Å². The van der Waals surface area contributed by atoms with Gasteiger partial charge >= 0.3 is 0 Å². The summed E-state index contributed by atoms with van der Waals surface area (Å²) in [5, 5.41) is 0.524. The molecule has 3 aromatic carbocycles. The van der Waals surface area contributed by atoms with Crippen LogP contribution in [0.5, 0.6) is 0 Å². The van der Waals surface area contributed by atoms with Gasteiger partial charge in [0.1, 0.15) is 11.6 Å². The van der Waals surface area contributed by atoms with Crippen LogP contribution in [0.4, 0.5) is 14.5 Å². The summed E-state index contributed by atoms with van der Waals surface area (Å²) >= 11 is 6.13. The zero-order valence-corrected chi connectivity index (χ0v) is 18.7. The minimum atomic E-state index is -0.571. The molecule has 0 spiro atoms. The second-order valence-electron chi connectivity index (χ2n) is 8.26. The van der Waals surface area contributed by atoms with E-state index in [9.17, 15) is 13.6 Å². The molecule has 0 aliphatic carbocycles. The molecule has 1 aliphatic heterocycles. The molecule has 1 heterocycles. The summed E-state index contributed by atoms with van der Waals surface area (Å²) in [5.74, 6) is -1.18. The van der Waals surface area contributed by atoms with E-state index in [1.54, 1.807) is 24.3 Å². The molecule has 0 atom stereocenters. The Morgan fingerprint density at radius 1 is 1.03 bits per heavy atom. The molecule has 0 radical (unpaired) electrons. The number of rotatable bonds is 5. The fourth-order valence-corrected chi connectivity index (χ4v) is 4.38. The highest BCUT2D eigenvalue weighted by molar-refractivity contribution is 6.31. The maximum atomic E-state index is 14.1. The third kappa shape index (κ3) is 5.17. The number of hydrogen-bond acceptors (Lipinski definition) is 2. The molecule has 0 unspecified atom stereocenters. The first kappa shape index (κ1) is 22.4. The van der Waals surface area contributed by atoms with Crippen LogP contribution in [0.1, 0.15) is 34.3 Å². The topological polar surface area (TPSA) is 23.6 Å². The van der Waals surface area contributed by atoms with Crippen molar-refractivity contribution >= 4 is 23.2 Å². The predicted molar refractivity (Wildman–Crippen MR) is 124 cm³/mol. The molecule has 3 aromatic rings. The van der Waals surface area contributed by atoms with E-state index >= 15 is 0 Å². The molecule has 1 fully saturated rings. The van der Waals surface area contributed by atoms with E-state index < -0.39 is 11.6 Å². The number of nitrogens with zero attached hydrogens (tertiary/aromatic N) is 2. The third-order valence-corrected chi connectivity index (χ3v) is 6.17. The van der Waals surface area contributed by atoms with E-state index in [-0.39, 0.29) is 11.9 Å². The van der Waals surface area contributed by atoms with Crippen molar-refractivity contribution in [3.63, 3.8) is 0 Å². The molecule has 0 aromatic heterocycles. The average Bonchev–Trinajstić information content (AvgIpc) is 2.78. The number of benzene rings is 3. The maximum Gasteiger partial charge on any atom is 0.258 e. The van der Waals surface area contributed by atoms with Gasteiger partial charge in [-0.2, -0.15) is 0 Å². The quantitative estimate of drug-likeness (QED) is 0.455. The van der Waals surface area contributed by atoms with Gasteiger partial charge in [-0.1, -0.05) is 41.4 Å². The van der Waals surface area contributed by atoms with Gasteiger partial charge in [-0.15, -0.1) is 0 Å². The van der Waals surface area contributed by atoms with Gasteiger partial charge in [0, 0.05) is 53.6 Å². The highest BCUT2D eigenvalue weighted by Crippen LogP contribution is 2.28. The van der Waals surface area contributed by atoms with Crippen LogP contribution in [0.3, 0.4) is 0 Å². The van der Waals surface area contributed by atoms with E-state index in [4.69, 9.17) is 11.6 Å². The normalized spacial score (nSPS) is 15.0. The molecule has 0 bridgehead atoms. The summed E-state index contributed by atoms with van der Waals surface area (Å²) in [7, 11) is 0. The Bertz CT molecular complexity index is 1100. The fourth-order valence-electron chi connectivity index (χ4n) is 4.19. The standard InChI is InChI=1S/C26H25ClF2N2O/c1-18-5-9-23(10-6-18)31(26(32)19-3-2-4-21(27)15-19)24-11-13-30(14-12-24)17-20-7-8-22(28)16-25(20)29/h2-10,15-16,24H,11-14,17H2,1H3. The lowest BCUT2D eigenvalue weighted by Gasteiger charge is -2.38. The summed E-state index contributed by atoms with van der Waals surface area (Å²) < 4.78 is 27.3. The first-order valence-corrected chi connectivity index (χ1v) is 11.1. The van der Waals surface area contributed by atoms with Crippen LogP contribution >= 0.6 is 11.6 Å². The predicted octanol–water partition coefficient (Wildman–Crippen LogP) is 6.24. The Morgan fingerprint density at radius 3 is 2.41 bits per heavy atom. The first-order chi connectivity index (χ1) is 15.4. The van der Waals surface area contributed by atoms with E-state index in [1.165, 1.54) is 12.1 Å². The van der Waals surface area contributed by atoms with Crippen LogP contribution in [-0.2, 0) is 6.54 Å². The number of amides is 1. The van der Waals surface area contributed by atoms with Crippen molar-refractivity contribution in [3.05, 3.63) is 100 Å². The molecule has 32 heavy (non-hydrogen) atoms. The first-order valence-electron chi connectivity index (χ1n) is 10.7. The molecule has 0 N–H and O–H groups in total. The second-order valence-corrected chi connectivity index (χ2v) is 8.70. The summed E-state index contributed by atoms with van der Waals surface area (Å²) in [6.45, 7) is 3.87. The number of aryl methyl sites for hydroxylation is 1. The molecular formula is C26H25ClF2N2O. The zero-order chi connectivity index (χ0) is 22.7. The minimum absolute atomic E-state index is 0.0125. The lowest BCUT2D eigenvalue weighted by Crippen LogP contribution is -2.47. The summed E-state index contributed by atoms with van der Waals surface area (Å²) in [6.07, 6.45) is 1.51. The van der Waals surface area contributed by atoms with E-state index in [0.29, 0.717) is 35.8 Å². The van der Waals surface area contributed by atoms with Gasteiger partial charge in [0.15, 0.2) is 0 Å². The van der Waals surface area contributed by atoms with Gasteiger partial charge in [-0.25, -0.2) is 8.78 Å². The van der Waals surface area contributed by atoms with E-state index in [0.717, 1.165) is 30.2 Å². The molecule has 4 rings (SSSR count). The Labute approximate surface area is 192 Å². The van der Waals surface area contributed by atoms with Crippen molar-refractivity contribution in [1.82, 2.24) is 4.90 Å². The summed E-state index contributed by atoms with van der Waals surface area (Å²) in [5.41, 5.74) is 3.01. The molecule has 1 amide bonds. The van der Waals surface area contributed by atoms with E-state index in [1.807, 2.05) is 36.1 Å². The summed E-state index contributed by atoms with van der Waals surface area (Å²) in [6, 6.07) is 18.7. The molecule has 3 nitrogen and oxygen atoms in total. The second kappa shape index (κ2) is 9.80. The van der Waals surface area contributed by atoms with Crippen molar-refractivity contribution in [2.75, 3.05) is 18.0 Å². The highest BCUT2D eigenvalue weighted by Gasteiger charge is 2.30. The van der Waals surface area contributed by atoms with Gasteiger partial charge in [0.05, 0.1) is 0 Å². The third-order valence-electron chi connectivity index (χ3n) is 5.93. The highest BCUT2D eigenvalue weighted by atomic mass is 35.5. The number of halogens is 3. The Morgan fingerprint density at radius 2 is 1.75 bits per heavy atom. The molecule has 6 heteroatoms. The SMILES string of the molecule is Cc1ccc(N(C(=O)c2cccc(Cl)c2)C2CCN(Cc3ccc(F)cc3F)CC2)cc1. The largest absolute Gasteiger partial charge is 0.305 e. The molecule has 166 valence electrons. The van der Waals surface area contributed by atoms with Crippen molar-refractivity contribution in [3.8, 4) is 0 Å². The lowest BCUT2D eigenvalue weighted by molar-refractivity contribution is 0.0958. The Kier molecular flexibility index (Phi) is 6.87. The number of anilines is 1. The zero-order valence-electron chi connectivity index (χ0n) is 17.9. The minimum Gasteiger partial charge on any atom is -0.305 e. The summed E-state index contributed by atoms with van der Waals surface area (Å²) in [4.78, 5) is 17.5. The number of likely N-dealkylation sites (tertiary alicyclic amines) is 1. The molecule has 1 saturated heterocycles. The van der Waals surface area contributed by atoms with Crippen LogP contribution in [0.25, 0.3) is 0 Å². The van der Waals surface area contributed by atoms with Gasteiger partial charge in [0.2, 0.25) is 0 Å². The number of piperidine rings is 1. The van der Waals surface area contributed by atoms with Gasteiger partial charge in [-0.05, 0) is 56.2 Å². The monoisotopic (exact) mass is 454 g/mol. The Balaban J connectivity index is 1.52. The van der Waals surface area contributed by atoms with Crippen LogP contribution in [0, 0.1) is 18.6 Å². The smallest absolute Gasteiger partial charge is 0.258 e. The average molecular weight is 455 g/mol. The fraction of sp³-hybridized carbons (Fsp3) is 0.269. The van der Waals surface area contributed by atoms with Crippen molar-refractivity contribution in [2.45, 2.75) is 32.4 Å². The van der Waals surface area contributed by atoms with Crippen molar-refractivity contribution in [1.29, 1.82) is 0 Å². The van der Waals surface area contributed by atoms with Crippen molar-refractivity contribution in [2.24, 2.45) is 0 Å². The lowest BCUT2D eigenvalue weighted by atomic mass is 10.00. The van der Waals surface area contributed by atoms with Gasteiger partial charge < -0.3 is 4.90 Å². The molecule has 1 aliphatic rings. The molecule has 0 saturated carbocycles. The van der Waals surface area contributed by atoms with Crippen LogP contribution in [-0.4, -0.2) is 29.9 Å². The number of carbonyl (C=O) groups excluding carboxylic acids is 1. The number of hydrogen-bond donors (Lipinski definition) is 0. The Hall–Kier alpha value is -2.76. The van der Waals surface area contributed by atoms with Crippen LogP contribution in [0.15, 0.2) is 66.7 Å². The maximum absolute atomic E-state index is 14.1.